The maximum Gasteiger partial charge on any atom is 0.391 e. The second-order valence-corrected chi connectivity index (χ2v) is 6.13. The molecule has 1 aromatic rings. The summed E-state index contributed by atoms with van der Waals surface area (Å²) in [7, 11) is 0. The number of nitrogens with one attached hydrogen (secondary N) is 1. The lowest BCUT2D eigenvalue weighted by molar-refractivity contribution is -0.183. The Morgan fingerprint density at radius 3 is 2.27 bits per heavy atom. The van der Waals surface area contributed by atoms with E-state index in [9.17, 15) is 22.0 Å². The van der Waals surface area contributed by atoms with Gasteiger partial charge in [-0.1, -0.05) is 12.2 Å². The van der Waals surface area contributed by atoms with Gasteiger partial charge in [-0.25, -0.2) is 8.78 Å². The molecule has 7 heteroatoms. The van der Waals surface area contributed by atoms with Crippen molar-refractivity contribution in [1.29, 1.82) is 0 Å². The summed E-state index contributed by atoms with van der Waals surface area (Å²) in [5.41, 5.74) is 0.341. The summed E-state index contributed by atoms with van der Waals surface area (Å²) in [6.45, 7) is 0. The SMILES string of the molecule is Fc1ccc(NC(=S)CC2CCC(C(F)(F)F)CC2)cc1F. The summed E-state index contributed by atoms with van der Waals surface area (Å²) in [5.74, 6) is -3.03. The summed E-state index contributed by atoms with van der Waals surface area (Å²) in [5, 5.41) is 2.80. The van der Waals surface area contributed by atoms with Crippen molar-refractivity contribution >= 4 is 22.9 Å². The van der Waals surface area contributed by atoms with Gasteiger partial charge in [-0.3, -0.25) is 0 Å². The third-order valence-corrected chi connectivity index (χ3v) is 4.26. The molecule has 2 rings (SSSR count). The zero-order chi connectivity index (χ0) is 16.3. The molecule has 1 aromatic carbocycles. The molecule has 1 aliphatic carbocycles. The van der Waals surface area contributed by atoms with Crippen LogP contribution >= 0.6 is 12.2 Å². The van der Waals surface area contributed by atoms with Gasteiger partial charge in [0, 0.05) is 18.2 Å². The highest BCUT2D eigenvalue weighted by molar-refractivity contribution is 7.80. The molecule has 0 bridgehead atoms. The molecule has 0 saturated heterocycles. The first-order valence-electron chi connectivity index (χ1n) is 7.07. The minimum Gasteiger partial charge on any atom is -0.350 e. The lowest BCUT2D eigenvalue weighted by Crippen LogP contribution is -2.28. The van der Waals surface area contributed by atoms with Crippen LogP contribution in [0.1, 0.15) is 32.1 Å². The van der Waals surface area contributed by atoms with Crippen molar-refractivity contribution in [3.63, 3.8) is 0 Å². The van der Waals surface area contributed by atoms with Crippen LogP contribution in [0.5, 0.6) is 0 Å². The van der Waals surface area contributed by atoms with Gasteiger partial charge in [-0.05, 0) is 43.7 Å². The second kappa shape index (κ2) is 6.89. The smallest absolute Gasteiger partial charge is 0.350 e. The molecule has 1 nitrogen and oxygen atoms in total. The maximum atomic E-state index is 13.1. The van der Waals surface area contributed by atoms with E-state index >= 15 is 0 Å². The molecule has 0 amide bonds. The van der Waals surface area contributed by atoms with E-state index in [1.54, 1.807) is 0 Å². The zero-order valence-corrected chi connectivity index (χ0v) is 12.5. The lowest BCUT2D eigenvalue weighted by Gasteiger charge is -2.30. The number of benzene rings is 1. The van der Waals surface area contributed by atoms with E-state index in [1.165, 1.54) is 6.07 Å². The Bertz CT molecular complexity index is 535. The van der Waals surface area contributed by atoms with Gasteiger partial charge in [0.2, 0.25) is 0 Å². The molecule has 0 aliphatic heterocycles. The van der Waals surface area contributed by atoms with Crippen LogP contribution in [0.4, 0.5) is 27.6 Å². The predicted octanol–water partition coefficient (Wildman–Crippen LogP) is 5.46. The van der Waals surface area contributed by atoms with Crippen molar-refractivity contribution in [2.45, 2.75) is 38.3 Å². The topological polar surface area (TPSA) is 12.0 Å². The number of thiocarbonyl (C=S) groups is 1. The van der Waals surface area contributed by atoms with Crippen molar-refractivity contribution in [3.05, 3.63) is 29.8 Å². The fourth-order valence-electron chi connectivity index (χ4n) is 2.74. The quantitative estimate of drug-likeness (QED) is 0.580. The highest BCUT2D eigenvalue weighted by atomic mass is 32.1. The molecule has 0 unspecified atom stereocenters. The molecular weight excluding hydrogens is 321 g/mol. The summed E-state index contributed by atoms with van der Waals surface area (Å²) >= 11 is 5.15. The van der Waals surface area contributed by atoms with Crippen molar-refractivity contribution in [1.82, 2.24) is 0 Å². The molecule has 0 aromatic heterocycles. The average molecular weight is 337 g/mol. The van der Waals surface area contributed by atoms with Crippen molar-refractivity contribution in [3.8, 4) is 0 Å². The molecule has 1 saturated carbocycles. The third-order valence-electron chi connectivity index (χ3n) is 3.99. The van der Waals surface area contributed by atoms with Crippen molar-refractivity contribution < 1.29 is 22.0 Å². The maximum absolute atomic E-state index is 13.1. The van der Waals surface area contributed by atoms with E-state index in [0.29, 0.717) is 29.9 Å². The molecule has 0 radical (unpaired) electrons. The van der Waals surface area contributed by atoms with E-state index in [4.69, 9.17) is 12.2 Å². The van der Waals surface area contributed by atoms with E-state index in [2.05, 4.69) is 5.32 Å². The largest absolute Gasteiger partial charge is 0.391 e. The van der Waals surface area contributed by atoms with Crippen LogP contribution in [-0.4, -0.2) is 11.2 Å². The van der Waals surface area contributed by atoms with Crippen molar-refractivity contribution in [2.24, 2.45) is 11.8 Å². The number of halogens is 5. The third kappa shape index (κ3) is 4.63. The Balaban J connectivity index is 1.82. The highest BCUT2D eigenvalue weighted by Gasteiger charge is 2.41. The van der Waals surface area contributed by atoms with Gasteiger partial charge in [-0.2, -0.15) is 13.2 Å². The molecule has 1 aliphatic rings. The second-order valence-electron chi connectivity index (χ2n) is 5.64. The lowest BCUT2D eigenvalue weighted by atomic mass is 9.80. The van der Waals surface area contributed by atoms with Crippen LogP contribution in [0.25, 0.3) is 0 Å². The van der Waals surface area contributed by atoms with Crippen LogP contribution in [0.3, 0.4) is 0 Å². The Kier molecular flexibility index (Phi) is 5.36. The Morgan fingerprint density at radius 1 is 1.09 bits per heavy atom. The van der Waals surface area contributed by atoms with E-state index in [0.717, 1.165) is 12.1 Å². The standard InChI is InChI=1S/C15H16F5NS/c16-12-6-5-11(8-13(12)17)21-14(22)7-9-1-3-10(4-2-9)15(18,19)20/h5-6,8-10H,1-4,7H2,(H,21,22). The molecular formula is C15H16F5NS. The van der Waals surface area contributed by atoms with Crippen LogP contribution in [0, 0.1) is 23.5 Å². The summed E-state index contributed by atoms with van der Waals surface area (Å²) in [4.78, 5) is 0.432. The van der Waals surface area contributed by atoms with Crippen LogP contribution in [0.2, 0.25) is 0 Å². The first-order valence-corrected chi connectivity index (χ1v) is 7.48. The Labute approximate surface area is 130 Å². The molecule has 1 fully saturated rings. The number of alkyl halides is 3. The predicted molar refractivity (Wildman–Crippen MR) is 78.7 cm³/mol. The van der Waals surface area contributed by atoms with Crippen LogP contribution < -0.4 is 5.32 Å². The van der Waals surface area contributed by atoms with Crippen LogP contribution in [-0.2, 0) is 0 Å². The van der Waals surface area contributed by atoms with Crippen molar-refractivity contribution in [2.75, 3.05) is 5.32 Å². The number of hydrogen-bond acceptors (Lipinski definition) is 1. The summed E-state index contributed by atoms with van der Waals surface area (Å²) < 4.78 is 63.6. The molecule has 122 valence electrons. The number of anilines is 1. The number of rotatable bonds is 3. The minimum absolute atomic E-state index is 0.101. The first kappa shape index (κ1) is 17.1. The van der Waals surface area contributed by atoms with Gasteiger partial charge >= 0.3 is 6.18 Å². The van der Waals surface area contributed by atoms with Gasteiger partial charge in [0.1, 0.15) is 0 Å². The monoisotopic (exact) mass is 337 g/mol. The molecule has 0 spiro atoms. The molecule has 0 heterocycles. The Morgan fingerprint density at radius 2 is 1.73 bits per heavy atom. The van der Waals surface area contributed by atoms with Gasteiger partial charge < -0.3 is 5.32 Å². The average Bonchev–Trinajstić information content (AvgIpc) is 2.42. The summed E-state index contributed by atoms with van der Waals surface area (Å²) in [6, 6.07) is 3.36. The van der Waals surface area contributed by atoms with E-state index in [-0.39, 0.29) is 18.8 Å². The molecule has 1 N–H and O–H groups in total. The zero-order valence-electron chi connectivity index (χ0n) is 11.7. The molecule has 22 heavy (non-hydrogen) atoms. The Hall–Kier alpha value is -1.24. The minimum atomic E-state index is -4.12. The number of hydrogen-bond donors (Lipinski definition) is 1. The fraction of sp³-hybridized carbons (Fsp3) is 0.533. The normalized spacial score (nSPS) is 22.4. The first-order chi connectivity index (χ1) is 10.3. The fourth-order valence-corrected chi connectivity index (χ4v) is 3.10. The highest BCUT2D eigenvalue weighted by Crippen LogP contribution is 2.40. The van der Waals surface area contributed by atoms with E-state index < -0.39 is 23.7 Å². The summed E-state index contributed by atoms with van der Waals surface area (Å²) in [6.07, 6.45) is -2.45. The van der Waals surface area contributed by atoms with Gasteiger partial charge in [0.25, 0.3) is 0 Å². The van der Waals surface area contributed by atoms with Gasteiger partial charge in [-0.15, -0.1) is 0 Å². The van der Waals surface area contributed by atoms with Crippen LogP contribution in [0.15, 0.2) is 18.2 Å². The van der Waals surface area contributed by atoms with Gasteiger partial charge in [0.05, 0.1) is 10.9 Å². The molecule has 0 atom stereocenters. The van der Waals surface area contributed by atoms with E-state index in [1.807, 2.05) is 0 Å². The van der Waals surface area contributed by atoms with Gasteiger partial charge in [0.15, 0.2) is 11.6 Å².